The number of rotatable bonds is 9. The highest BCUT2D eigenvalue weighted by atomic mass is 19.3. The molecule has 3 heterocycles. The fraction of sp³-hybridized carbons (Fsp3) is 0.320. The van der Waals surface area contributed by atoms with Crippen LogP contribution in [0.3, 0.4) is 0 Å². The van der Waals surface area contributed by atoms with Crippen molar-refractivity contribution in [1.29, 1.82) is 0 Å². The summed E-state index contributed by atoms with van der Waals surface area (Å²) in [6.07, 6.45) is 5.89. The number of halogens is 3. The van der Waals surface area contributed by atoms with Gasteiger partial charge >= 0.3 is 0 Å². The van der Waals surface area contributed by atoms with E-state index in [1.54, 1.807) is 12.1 Å². The number of Topliss-reactive ketones (excluding diaryl/α,β-unsaturated/α-hetero) is 1. The van der Waals surface area contributed by atoms with Crippen LogP contribution in [0.15, 0.2) is 55.2 Å². The maximum absolute atomic E-state index is 13.9. The minimum Gasteiger partial charge on any atom is -0.380 e. The lowest BCUT2D eigenvalue weighted by Gasteiger charge is -2.25. The lowest BCUT2D eigenvalue weighted by atomic mass is 9.80. The minimum atomic E-state index is -3.16. The lowest BCUT2D eigenvalue weighted by Crippen LogP contribution is -2.42. The third-order valence-electron chi connectivity index (χ3n) is 5.95. The fourth-order valence-corrected chi connectivity index (χ4v) is 3.98. The summed E-state index contributed by atoms with van der Waals surface area (Å²) in [5, 5.41) is 5.58. The van der Waals surface area contributed by atoms with Gasteiger partial charge in [-0.2, -0.15) is 0 Å². The summed E-state index contributed by atoms with van der Waals surface area (Å²) >= 11 is 0. The van der Waals surface area contributed by atoms with Crippen molar-refractivity contribution in [3.8, 4) is 0 Å². The highest BCUT2D eigenvalue weighted by Crippen LogP contribution is 2.35. The van der Waals surface area contributed by atoms with Crippen LogP contribution in [0, 0.1) is 11.2 Å². The first-order valence-corrected chi connectivity index (χ1v) is 11.2. The molecule has 188 valence electrons. The first kappa shape index (κ1) is 25.2. The summed E-state index contributed by atoms with van der Waals surface area (Å²) in [4.78, 5) is 37.7. The molecule has 3 aromatic rings. The molecule has 8 nitrogen and oxygen atoms in total. The highest BCUT2D eigenvalue weighted by molar-refractivity contribution is 5.99. The second-order valence-electron chi connectivity index (χ2n) is 8.73. The Hall–Kier alpha value is -3.86. The van der Waals surface area contributed by atoms with Crippen LogP contribution in [0.25, 0.3) is 0 Å². The molecule has 0 aliphatic carbocycles. The summed E-state index contributed by atoms with van der Waals surface area (Å²) in [7, 11) is 0. The van der Waals surface area contributed by atoms with Crippen LogP contribution in [0.5, 0.6) is 0 Å². The number of ketones is 1. The Morgan fingerprint density at radius 1 is 1.14 bits per heavy atom. The normalized spacial score (nSPS) is 17.6. The van der Waals surface area contributed by atoms with Crippen LogP contribution < -0.4 is 10.6 Å². The van der Waals surface area contributed by atoms with Gasteiger partial charge in [0.1, 0.15) is 12.1 Å². The molecule has 0 unspecified atom stereocenters. The van der Waals surface area contributed by atoms with E-state index in [2.05, 4.69) is 25.6 Å². The van der Waals surface area contributed by atoms with E-state index >= 15 is 0 Å². The molecule has 1 amide bonds. The standard InChI is InChI=1S/C25H24F3N5O3/c1-24(27,28)20-5-2-17(26)8-21(20)33-19-4-3-18(31-13-19)12-32-23(35)25(6-7-36-14-25)9-22(34)16-10-29-15-30-11-16/h2-5,8,10-11,13,15,33H,6-7,9,12,14H2,1H3,(H,32,35)/t25-/m0/s1. The molecule has 0 saturated carbocycles. The molecule has 2 aromatic heterocycles. The maximum atomic E-state index is 13.9. The second kappa shape index (κ2) is 10.4. The Labute approximate surface area is 205 Å². The quantitative estimate of drug-likeness (QED) is 0.426. The number of alkyl halides is 2. The van der Waals surface area contributed by atoms with Gasteiger partial charge in [-0.15, -0.1) is 0 Å². The molecule has 1 atom stereocenters. The van der Waals surface area contributed by atoms with Gasteiger partial charge in [0.2, 0.25) is 5.91 Å². The molecule has 11 heteroatoms. The van der Waals surface area contributed by atoms with Gasteiger partial charge < -0.3 is 15.4 Å². The van der Waals surface area contributed by atoms with Gasteiger partial charge in [-0.05, 0) is 36.8 Å². The molecule has 1 saturated heterocycles. The minimum absolute atomic E-state index is 0.0411. The molecule has 4 rings (SSSR count). The van der Waals surface area contributed by atoms with Crippen molar-refractivity contribution in [2.45, 2.75) is 32.2 Å². The summed E-state index contributed by atoms with van der Waals surface area (Å²) < 4.78 is 46.8. The third kappa shape index (κ3) is 5.85. The van der Waals surface area contributed by atoms with Gasteiger partial charge in [0.15, 0.2) is 5.78 Å². The van der Waals surface area contributed by atoms with Gasteiger partial charge in [0.25, 0.3) is 5.92 Å². The molecular weight excluding hydrogens is 475 g/mol. The number of aromatic nitrogens is 3. The van der Waals surface area contributed by atoms with Crippen LogP contribution in [0.2, 0.25) is 0 Å². The SMILES string of the molecule is CC(F)(F)c1ccc(F)cc1Nc1ccc(CNC(=O)[C@]2(CC(=O)c3cncnc3)CCOC2)nc1. The van der Waals surface area contributed by atoms with E-state index in [1.165, 1.54) is 24.9 Å². The Morgan fingerprint density at radius 3 is 2.56 bits per heavy atom. The number of pyridine rings is 1. The van der Waals surface area contributed by atoms with E-state index in [0.717, 1.165) is 25.1 Å². The maximum Gasteiger partial charge on any atom is 0.272 e. The van der Waals surface area contributed by atoms with Gasteiger partial charge in [0.05, 0.1) is 47.4 Å². The van der Waals surface area contributed by atoms with Crippen molar-refractivity contribution >= 4 is 23.1 Å². The zero-order valence-electron chi connectivity index (χ0n) is 19.4. The molecule has 0 bridgehead atoms. The van der Waals surface area contributed by atoms with Crippen LogP contribution >= 0.6 is 0 Å². The average Bonchev–Trinajstić information content (AvgIpc) is 3.33. The highest BCUT2D eigenvalue weighted by Gasteiger charge is 2.44. The molecule has 1 aliphatic heterocycles. The number of hydrogen-bond acceptors (Lipinski definition) is 7. The van der Waals surface area contributed by atoms with Crippen molar-refractivity contribution in [2.24, 2.45) is 5.41 Å². The van der Waals surface area contributed by atoms with E-state index < -0.39 is 17.2 Å². The Kier molecular flexibility index (Phi) is 7.30. The van der Waals surface area contributed by atoms with E-state index in [-0.39, 0.29) is 42.5 Å². The topological polar surface area (TPSA) is 106 Å². The third-order valence-corrected chi connectivity index (χ3v) is 5.95. The molecular formula is C25H24F3N5O3. The van der Waals surface area contributed by atoms with Crippen molar-refractivity contribution < 1.29 is 27.5 Å². The monoisotopic (exact) mass is 499 g/mol. The summed E-state index contributed by atoms with van der Waals surface area (Å²) in [6.45, 7) is 1.30. The van der Waals surface area contributed by atoms with Crippen molar-refractivity contribution in [2.75, 3.05) is 18.5 Å². The molecule has 2 N–H and O–H groups in total. The van der Waals surface area contributed by atoms with E-state index in [9.17, 15) is 22.8 Å². The number of ether oxygens (including phenoxy) is 1. The molecule has 1 aromatic carbocycles. The number of carbonyl (C=O) groups is 2. The summed E-state index contributed by atoms with van der Waals surface area (Å²) in [5.41, 5.74) is -0.219. The van der Waals surface area contributed by atoms with E-state index in [4.69, 9.17) is 4.74 Å². The smallest absolute Gasteiger partial charge is 0.272 e. The van der Waals surface area contributed by atoms with Gasteiger partial charge in [-0.25, -0.2) is 23.1 Å². The first-order valence-electron chi connectivity index (χ1n) is 11.2. The van der Waals surface area contributed by atoms with Crippen LogP contribution in [-0.4, -0.2) is 39.9 Å². The van der Waals surface area contributed by atoms with E-state index in [1.807, 2.05) is 0 Å². The predicted molar refractivity (Wildman–Crippen MR) is 124 cm³/mol. The zero-order chi connectivity index (χ0) is 25.8. The Bertz CT molecular complexity index is 1230. The average molecular weight is 499 g/mol. The Morgan fingerprint density at radius 2 is 1.92 bits per heavy atom. The molecule has 0 radical (unpaired) electrons. The zero-order valence-corrected chi connectivity index (χ0v) is 19.4. The number of benzene rings is 1. The molecule has 0 spiro atoms. The number of nitrogens with zero attached hydrogens (tertiary/aromatic N) is 3. The van der Waals surface area contributed by atoms with Crippen LogP contribution in [-0.2, 0) is 22.0 Å². The molecule has 1 fully saturated rings. The van der Waals surface area contributed by atoms with Crippen molar-refractivity contribution in [1.82, 2.24) is 20.3 Å². The van der Waals surface area contributed by atoms with Crippen LogP contribution in [0.1, 0.15) is 41.4 Å². The summed E-state index contributed by atoms with van der Waals surface area (Å²) in [5.74, 6) is -4.40. The van der Waals surface area contributed by atoms with Gasteiger partial charge in [0, 0.05) is 37.9 Å². The van der Waals surface area contributed by atoms with Gasteiger partial charge in [-0.3, -0.25) is 14.6 Å². The number of hydrogen-bond donors (Lipinski definition) is 2. The number of amides is 1. The Balaban J connectivity index is 1.40. The van der Waals surface area contributed by atoms with Gasteiger partial charge in [-0.1, -0.05) is 0 Å². The number of carbonyl (C=O) groups excluding carboxylic acids is 2. The summed E-state index contributed by atoms with van der Waals surface area (Å²) in [6, 6.07) is 6.20. The first-order chi connectivity index (χ1) is 17.2. The number of anilines is 2. The number of nitrogens with one attached hydrogen (secondary N) is 2. The van der Waals surface area contributed by atoms with E-state index in [0.29, 0.717) is 30.0 Å². The predicted octanol–water partition coefficient (Wildman–Crippen LogP) is 4.16. The lowest BCUT2D eigenvalue weighted by molar-refractivity contribution is -0.131. The second-order valence-corrected chi connectivity index (χ2v) is 8.73. The molecule has 36 heavy (non-hydrogen) atoms. The van der Waals surface area contributed by atoms with Crippen LogP contribution in [0.4, 0.5) is 24.5 Å². The largest absolute Gasteiger partial charge is 0.380 e. The molecule has 1 aliphatic rings. The fourth-order valence-electron chi connectivity index (χ4n) is 3.98. The van der Waals surface area contributed by atoms with Crippen molar-refractivity contribution in [3.63, 3.8) is 0 Å². The van der Waals surface area contributed by atoms with Crippen molar-refractivity contribution in [3.05, 3.63) is 77.9 Å².